The van der Waals surface area contributed by atoms with Crippen LogP contribution in [0.5, 0.6) is 0 Å². The number of imidazole rings is 1. The smallest absolute Gasteiger partial charge is 0.243 e. The minimum absolute atomic E-state index is 0.106. The Bertz CT molecular complexity index is 900. The standard InChI is InChI=1S/C22H30FN5O/c1-21(2)15-28(20(29)22(3,4)26-11-8-24-9-12-26)18(21)19-25-10-13-27(19)17-7-5-6-16(23)14-17/h5-7,10,13-14,18,24H,8-9,11-12,15H2,1-4H3. The van der Waals surface area contributed by atoms with Crippen molar-refractivity contribution in [3.63, 3.8) is 0 Å². The third-order valence-electron chi connectivity index (χ3n) is 6.32. The van der Waals surface area contributed by atoms with E-state index in [1.54, 1.807) is 12.3 Å². The molecule has 2 aliphatic rings. The number of amides is 1. The predicted octanol–water partition coefficient (Wildman–Crippen LogP) is 2.60. The number of likely N-dealkylation sites (tertiary alicyclic amines) is 1. The van der Waals surface area contributed by atoms with Gasteiger partial charge >= 0.3 is 0 Å². The van der Waals surface area contributed by atoms with E-state index in [0.717, 1.165) is 32.0 Å². The number of hydrogen-bond donors (Lipinski definition) is 1. The summed E-state index contributed by atoms with van der Waals surface area (Å²) < 4.78 is 15.7. The molecule has 4 rings (SSSR count). The summed E-state index contributed by atoms with van der Waals surface area (Å²) in [5.74, 6) is 0.608. The summed E-state index contributed by atoms with van der Waals surface area (Å²) in [6, 6.07) is 6.32. The van der Waals surface area contributed by atoms with Crippen LogP contribution in [0.2, 0.25) is 0 Å². The van der Waals surface area contributed by atoms with Gasteiger partial charge in [-0.3, -0.25) is 9.69 Å². The van der Waals surface area contributed by atoms with Gasteiger partial charge in [-0.2, -0.15) is 0 Å². The Labute approximate surface area is 171 Å². The van der Waals surface area contributed by atoms with Gasteiger partial charge in [0, 0.05) is 56.2 Å². The largest absolute Gasteiger partial charge is 0.330 e. The summed E-state index contributed by atoms with van der Waals surface area (Å²) in [6.45, 7) is 12.5. The fourth-order valence-corrected chi connectivity index (χ4v) is 4.68. The molecule has 1 aromatic carbocycles. The van der Waals surface area contributed by atoms with Crippen LogP contribution in [0.1, 0.15) is 39.6 Å². The van der Waals surface area contributed by atoms with Crippen molar-refractivity contribution in [3.05, 3.63) is 48.3 Å². The van der Waals surface area contributed by atoms with E-state index in [4.69, 9.17) is 0 Å². The normalized spacial score (nSPS) is 22.4. The van der Waals surface area contributed by atoms with Crippen molar-refractivity contribution in [1.82, 2.24) is 24.7 Å². The Balaban J connectivity index is 1.65. The van der Waals surface area contributed by atoms with Crippen molar-refractivity contribution in [2.45, 2.75) is 39.3 Å². The van der Waals surface area contributed by atoms with Gasteiger partial charge in [0.15, 0.2) is 0 Å². The lowest BCUT2D eigenvalue weighted by atomic mass is 9.73. The summed E-state index contributed by atoms with van der Waals surface area (Å²) >= 11 is 0. The molecule has 1 N–H and O–H groups in total. The molecule has 0 radical (unpaired) electrons. The fraction of sp³-hybridized carbons (Fsp3) is 0.545. The molecule has 7 heteroatoms. The van der Waals surface area contributed by atoms with Gasteiger partial charge in [-0.05, 0) is 32.0 Å². The first-order chi connectivity index (χ1) is 13.7. The zero-order chi connectivity index (χ0) is 20.8. The number of hydrogen-bond acceptors (Lipinski definition) is 4. The van der Waals surface area contributed by atoms with Crippen LogP contribution in [0.15, 0.2) is 36.7 Å². The molecule has 156 valence electrons. The van der Waals surface area contributed by atoms with E-state index in [2.05, 4.69) is 29.0 Å². The average molecular weight is 400 g/mol. The average Bonchev–Trinajstić information content (AvgIpc) is 3.15. The Morgan fingerprint density at radius 1 is 1.28 bits per heavy atom. The zero-order valence-electron chi connectivity index (χ0n) is 17.7. The number of carbonyl (C=O) groups is 1. The molecule has 0 spiro atoms. The third-order valence-corrected chi connectivity index (χ3v) is 6.32. The molecular weight excluding hydrogens is 369 g/mol. The summed E-state index contributed by atoms with van der Waals surface area (Å²) in [4.78, 5) is 22.4. The second kappa shape index (κ2) is 7.22. The highest BCUT2D eigenvalue weighted by Crippen LogP contribution is 2.49. The molecule has 1 atom stereocenters. The van der Waals surface area contributed by atoms with Crippen LogP contribution in [0, 0.1) is 11.2 Å². The molecule has 3 heterocycles. The summed E-state index contributed by atoms with van der Waals surface area (Å²) in [7, 11) is 0. The Morgan fingerprint density at radius 3 is 2.66 bits per heavy atom. The first kappa shape index (κ1) is 20.0. The number of rotatable bonds is 4. The number of benzene rings is 1. The van der Waals surface area contributed by atoms with E-state index >= 15 is 0 Å². The van der Waals surface area contributed by atoms with E-state index in [9.17, 15) is 9.18 Å². The molecule has 1 unspecified atom stereocenters. The molecule has 29 heavy (non-hydrogen) atoms. The zero-order valence-corrected chi connectivity index (χ0v) is 17.7. The van der Waals surface area contributed by atoms with Crippen LogP contribution in [0.4, 0.5) is 4.39 Å². The molecular formula is C22H30FN5O. The van der Waals surface area contributed by atoms with Crippen LogP contribution in [0.3, 0.4) is 0 Å². The molecule has 1 amide bonds. The molecule has 2 saturated heterocycles. The van der Waals surface area contributed by atoms with Crippen molar-refractivity contribution >= 4 is 5.91 Å². The van der Waals surface area contributed by atoms with Gasteiger partial charge in [0.1, 0.15) is 11.6 Å². The third kappa shape index (κ3) is 3.46. The second-order valence-electron chi connectivity index (χ2n) is 9.26. The van der Waals surface area contributed by atoms with Gasteiger partial charge in [-0.1, -0.05) is 19.9 Å². The Hall–Kier alpha value is -2.25. The highest BCUT2D eigenvalue weighted by atomic mass is 19.1. The van der Waals surface area contributed by atoms with Crippen LogP contribution in [-0.4, -0.2) is 63.5 Å². The lowest BCUT2D eigenvalue weighted by Gasteiger charge is -2.56. The molecule has 1 aromatic heterocycles. The maximum absolute atomic E-state index is 13.8. The first-order valence-corrected chi connectivity index (χ1v) is 10.3. The molecule has 0 bridgehead atoms. The minimum atomic E-state index is -0.576. The van der Waals surface area contributed by atoms with Crippen molar-refractivity contribution in [2.75, 3.05) is 32.7 Å². The summed E-state index contributed by atoms with van der Waals surface area (Å²) in [5.41, 5.74) is 0.0348. The molecule has 2 fully saturated rings. The highest BCUT2D eigenvalue weighted by Gasteiger charge is 2.54. The summed E-state index contributed by atoms with van der Waals surface area (Å²) in [5, 5.41) is 3.35. The van der Waals surface area contributed by atoms with Crippen LogP contribution < -0.4 is 5.32 Å². The van der Waals surface area contributed by atoms with Crippen molar-refractivity contribution in [3.8, 4) is 5.69 Å². The van der Waals surface area contributed by atoms with Gasteiger partial charge in [0.05, 0.1) is 11.6 Å². The van der Waals surface area contributed by atoms with E-state index in [0.29, 0.717) is 12.2 Å². The fourth-order valence-electron chi connectivity index (χ4n) is 4.68. The highest BCUT2D eigenvalue weighted by molar-refractivity contribution is 5.87. The Morgan fingerprint density at radius 2 is 2.00 bits per heavy atom. The number of piperazine rings is 1. The molecule has 6 nitrogen and oxygen atoms in total. The van der Waals surface area contributed by atoms with Crippen molar-refractivity contribution in [1.29, 1.82) is 0 Å². The number of halogens is 1. The first-order valence-electron chi connectivity index (χ1n) is 10.3. The quantitative estimate of drug-likeness (QED) is 0.859. The maximum atomic E-state index is 13.8. The molecule has 2 aromatic rings. The topological polar surface area (TPSA) is 53.4 Å². The van der Waals surface area contributed by atoms with Gasteiger partial charge in [0.25, 0.3) is 0 Å². The Kier molecular flexibility index (Phi) is 4.99. The van der Waals surface area contributed by atoms with Crippen molar-refractivity contribution < 1.29 is 9.18 Å². The lowest BCUT2D eigenvalue weighted by molar-refractivity contribution is -0.165. The predicted molar refractivity (Wildman–Crippen MR) is 110 cm³/mol. The maximum Gasteiger partial charge on any atom is 0.243 e. The molecule has 0 saturated carbocycles. The number of aromatic nitrogens is 2. The van der Waals surface area contributed by atoms with E-state index in [1.807, 2.05) is 35.6 Å². The molecule has 2 aliphatic heterocycles. The lowest BCUT2D eigenvalue weighted by Crippen LogP contribution is -2.67. The SMILES string of the molecule is CC1(C)CN(C(=O)C(C)(C)N2CCNCC2)C1c1nccn1-c1cccc(F)c1. The van der Waals surface area contributed by atoms with Crippen LogP contribution in [-0.2, 0) is 4.79 Å². The van der Waals surface area contributed by atoms with E-state index in [-0.39, 0.29) is 23.2 Å². The minimum Gasteiger partial charge on any atom is -0.330 e. The van der Waals surface area contributed by atoms with Gasteiger partial charge in [0.2, 0.25) is 5.91 Å². The van der Waals surface area contributed by atoms with Crippen LogP contribution in [0.25, 0.3) is 5.69 Å². The second-order valence-corrected chi connectivity index (χ2v) is 9.26. The van der Waals surface area contributed by atoms with E-state index < -0.39 is 5.54 Å². The number of carbonyl (C=O) groups excluding carboxylic acids is 1. The number of nitrogens with one attached hydrogen (secondary N) is 1. The van der Waals surface area contributed by atoms with Gasteiger partial charge in [-0.15, -0.1) is 0 Å². The molecule has 0 aliphatic carbocycles. The number of nitrogens with zero attached hydrogens (tertiary/aromatic N) is 4. The summed E-state index contributed by atoms with van der Waals surface area (Å²) in [6.07, 6.45) is 3.56. The monoisotopic (exact) mass is 399 g/mol. The van der Waals surface area contributed by atoms with Gasteiger partial charge < -0.3 is 14.8 Å². The van der Waals surface area contributed by atoms with Crippen molar-refractivity contribution in [2.24, 2.45) is 5.41 Å². The van der Waals surface area contributed by atoms with Gasteiger partial charge in [-0.25, -0.2) is 9.37 Å². The van der Waals surface area contributed by atoms with E-state index in [1.165, 1.54) is 12.1 Å². The van der Waals surface area contributed by atoms with Crippen LogP contribution >= 0.6 is 0 Å².